The smallest absolute Gasteiger partial charge is 0.322 e. The standard InChI is InChI=1S/C16H18N6O3/c23-13(9-11-15(24)18-16(25)17-11)21-7-4-10(5-8-21)14-20-19-12-3-1-2-6-22(12)14/h1-3,6,10-11H,4-5,7-9H2,(H2,17,18,24,25). The number of carbonyl (C=O) groups excluding carboxylic acids is 3. The fraction of sp³-hybridized carbons (Fsp3) is 0.438. The van der Waals surface area contributed by atoms with Crippen molar-refractivity contribution in [2.24, 2.45) is 0 Å². The van der Waals surface area contributed by atoms with Crippen molar-refractivity contribution in [1.82, 2.24) is 30.1 Å². The van der Waals surface area contributed by atoms with E-state index in [9.17, 15) is 14.4 Å². The molecule has 2 aromatic heterocycles. The zero-order valence-corrected chi connectivity index (χ0v) is 13.5. The predicted octanol–water partition coefficient (Wildman–Crippen LogP) is 0.0334. The highest BCUT2D eigenvalue weighted by atomic mass is 16.2. The Labute approximate surface area is 143 Å². The van der Waals surface area contributed by atoms with Crippen molar-refractivity contribution in [2.75, 3.05) is 13.1 Å². The van der Waals surface area contributed by atoms with Gasteiger partial charge in [-0.3, -0.25) is 19.3 Å². The molecule has 2 saturated heterocycles. The van der Waals surface area contributed by atoms with Crippen molar-refractivity contribution >= 4 is 23.5 Å². The molecule has 0 aromatic carbocycles. The van der Waals surface area contributed by atoms with Gasteiger partial charge in [0.1, 0.15) is 11.9 Å². The number of amides is 4. The Morgan fingerprint density at radius 1 is 1.20 bits per heavy atom. The molecular weight excluding hydrogens is 324 g/mol. The molecule has 0 aliphatic carbocycles. The number of rotatable bonds is 3. The summed E-state index contributed by atoms with van der Waals surface area (Å²) < 4.78 is 1.99. The van der Waals surface area contributed by atoms with Crippen LogP contribution in [-0.2, 0) is 9.59 Å². The molecule has 2 N–H and O–H groups in total. The Kier molecular flexibility index (Phi) is 3.83. The lowest BCUT2D eigenvalue weighted by Crippen LogP contribution is -2.42. The first kappa shape index (κ1) is 15.6. The summed E-state index contributed by atoms with van der Waals surface area (Å²) in [6.45, 7) is 1.21. The molecule has 1 atom stereocenters. The molecule has 4 amide bonds. The summed E-state index contributed by atoms with van der Waals surface area (Å²) in [5.74, 6) is 0.608. The minimum Gasteiger partial charge on any atom is -0.343 e. The van der Waals surface area contributed by atoms with E-state index < -0.39 is 18.0 Å². The van der Waals surface area contributed by atoms with E-state index >= 15 is 0 Å². The number of urea groups is 1. The first-order valence-electron chi connectivity index (χ1n) is 8.30. The van der Waals surface area contributed by atoms with Crippen molar-refractivity contribution in [3.05, 3.63) is 30.2 Å². The topological polar surface area (TPSA) is 109 Å². The van der Waals surface area contributed by atoms with Crippen LogP contribution in [0.4, 0.5) is 4.79 Å². The third-order valence-electron chi connectivity index (χ3n) is 4.79. The van der Waals surface area contributed by atoms with Crippen LogP contribution in [-0.4, -0.2) is 56.5 Å². The van der Waals surface area contributed by atoms with Gasteiger partial charge in [0.05, 0.1) is 6.42 Å². The molecule has 2 aliphatic heterocycles. The SMILES string of the molecule is O=C1NC(=O)C(CC(=O)N2CCC(c3nnc4ccccn34)CC2)N1. The van der Waals surface area contributed by atoms with Gasteiger partial charge in [0.2, 0.25) is 5.91 Å². The zero-order valence-electron chi connectivity index (χ0n) is 13.5. The molecule has 4 heterocycles. The highest BCUT2D eigenvalue weighted by molar-refractivity contribution is 6.05. The van der Waals surface area contributed by atoms with E-state index in [0.717, 1.165) is 24.3 Å². The van der Waals surface area contributed by atoms with Crippen molar-refractivity contribution in [3.8, 4) is 0 Å². The van der Waals surface area contributed by atoms with Gasteiger partial charge in [-0.2, -0.15) is 0 Å². The molecule has 0 saturated carbocycles. The van der Waals surface area contributed by atoms with E-state index in [-0.39, 0.29) is 18.2 Å². The number of carbonyl (C=O) groups is 3. The van der Waals surface area contributed by atoms with E-state index in [1.165, 1.54) is 0 Å². The van der Waals surface area contributed by atoms with E-state index in [1.54, 1.807) is 4.90 Å². The average Bonchev–Trinajstić information content (AvgIpc) is 3.18. The predicted molar refractivity (Wildman–Crippen MR) is 86.6 cm³/mol. The van der Waals surface area contributed by atoms with Crippen LogP contribution < -0.4 is 10.6 Å². The molecule has 2 aromatic rings. The van der Waals surface area contributed by atoms with Gasteiger partial charge in [-0.05, 0) is 25.0 Å². The van der Waals surface area contributed by atoms with Crippen molar-refractivity contribution in [2.45, 2.75) is 31.2 Å². The normalized spacial score (nSPS) is 21.4. The number of imide groups is 1. The summed E-state index contributed by atoms with van der Waals surface area (Å²) in [4.78, 5) is 36.8. The number of hydrogen-bond donors (Lipinski definition) is 2. The molecular formula is C16H18N6O3. The molecule has 0 spiro atoms. The minimum absolute atomic E-state index is 0.00387. The Bertz CT molecular complexity index is 839. The third kappa shape index (κ3) is 2.92. The largest absolute Gasteiger partial charge is 0.343 e. The fourth-order valence-electron chi connectivity index (χ4n) is 3.43. The minimum atomic E-state index is -0.766. The van der Waals surface area contributed by atoms with Gasteiger partial charge in [-0.25, -0.2) is 4.79 Å². The van der Waals surface area contributed by atoms with Crippen LogP contribution in [0.2, 0.25) is 0 Å². The third-order valence-corrected chi connectivity index (χ3v) is 4.79. The van der Waals surface area contributed by atoms with Crippen molar-refractivity contribution < 1.29 is 14.4 Å². The van der Waals surface area contributed by atoms with Gasteiger partial charge in [0.15, 0.2) is 5.65 Å². The molecule has 4 rings (SSSR count). The molecule has 9 nitrogen and oxygen atoms in total. The second-order valence-electron chi connectivity index (χ2n) is 6.36. The average molecular weight is 342 g/mol. The lowest BCUT2D eigenvalue weighted by atomic mass is 9.95. The van der Waals surface area contributed by atoms with Crippen LogP contribution in [0.25, 0.3) is 5.65 Å². The van der Waals surface area contributed by atoms with Crippen LogP contribution in [0.3, 0.4) is 0 Å². The highest BCUT2D eigenvalue weighted by Gasteiger charge is 2.34. The second-order valence-corrected chi connectivity index (χ2v) is 6.36. The summed E-state index contributed by atoms with van der Waals surface area (Å²) in [7, 11) is 0. The van der Waals surface area contributed by atoms with E-state index in [0.29, 0.717) is 13.1 Å². The van der Waals surface area contributed by atoms with Crippen LogP contribution in [0.1, 0.15) is 31.0 Å². The van der Waals surface area contributed by atoms with E-state index in [2.05, 4.69) is 20.8 Å². The number of piperidine rings is 1. The number of likely N-dealkylation sites (tertiary alicyclic amines) is 1. The molecule has 2 fully saturated rings. The molecule has 1 unspecified atom stereocenters. The van der Waals surface area contributed by atoms with Gasteiger partial charge >= 0.3 is 6.03 Å². The quantitative estimate of drug-likeness (QED) is 0.765. The number of hydrogen-bond acceptors (Lipinski definition) is 5. The fourth-order valence-corrected chi connectivity index (χ4v) is 3.43. The first-order valence-corrected chi connectivity index (χ1v) is 8.30. The Balaban J connectivity index is 1.37. The van der Waals surface area contributed by atoms with Gasteiger partial charge < -0.3 is 10.2 Å². The second kappa shape index (κ2) is 6.15. The van der Waals surface area contributed by atoms with Crippen molar-refractivity contribution in [1.29, 1.82) is 0 Å². The monoisotopic (exact) mass is 342 g/mol. The summed E-state index contributed by atoms with van der Waals surface area (Å²) in [5.41, 5.74) is 0.819. The van der Waals surface area contributed by atoms with Gasteiger partial charge in [0, 0.05) is 25.2 Å². The number of fused-ring (bicyclic) bond motifs is 1. The molecule has 0 bridgehead atoms. The van der Waals surface area contributed by atoms with Gasteiger partial charge in [-0.15, -0.1) is 10.2 Å². The molecule has 130 valence electrons. The summed E-state index contributed by atoms with van der Waals surface area (Å²) in [5, 5.41) is 13.1. The van der Waals surface area contributed by atoms with Crippen molar-refractivity contribution in [3.63, 3.8) is 0 Å². The maximum atomic E-state index is 12.4. The molecule has 0 radical (unpaired) electrons. The van der Waals surface area contributed by atoms with Crippen LogP contribution in [0, 0.1) is 0 Å². The Hall–Kier alpha value is -2.97. The Morgan fingerprint density at radius 3 is 2.72 bits per heavy atom. The number of nitrogens with one attached hydrogen (secondary N) is 2. The lowest BCUT2D eigenvalue weighted by molar-refractivity contribution is -0.134. The number of nitrogens with zero attached hydrogens (tertiary/aromatic N) is 4. The number of aromatic nitrogens is 3. The van der Waals surface area contributed by atoms with Crippen LogP contribution >= 0.6 is 0 Å². The van der Waals surface area contributed by atoms with Crippen LogP contribution in [0.5, 0.6) is 0 Å². The van der Waals surface area contributed by atoms with Crippen LogP contribution in [0.15, 0.2) is 24.4 Å². The molecule has 9 heteroatoms. The summed E-state index contributed by atoms with van der Waals surface area (Å²) >= 11 is 0. The van der Waals surface area contributed by atoms with E-state index in [4.69, 9.17) is 0 Å². The molecule has 2 aliphatic rings. The van der Waals surface area contributed by atoms with Gasteiger partial charge in [-0.1, -0.05) is 6.07 Å². The first-order chi connectivity index (χ1) is 12.1. The lowest BCUT2D eigenvalue weighted by Gasteiger charge is -2.31. The molecule has 25 heavy (non-hydrogen) atoms. The maximum Gasteiger partial charge on any atom is 0.322 e. The maximum absolute atomic E-state index is 12.4. The van der Waals surface area contributed by atoms with E-state index in [1.807, 2.05) is 28.8 Å². The van der Waals surface area contributed by atoms with Gasteiger partial charge in [0.25, 0.3) is 5.91 Å². The Morgan fingerprint density at radius 2 is 2.00 bits per heavy atom. The number of pyridine rings is 1. The zero-order chi connectivity index (χ0) is 17.4. The highest BCUT2D eigenvalue weighted by Crippen LogP contribution is 2.27. The summed E-state index contributed by atoms with van der Waals surface area (Å²) in [6, 6.07) is 4.47. The summed E-state index contributed by atoms with van der Waals surface area (Å²) in [6.07, 6.45) is 3.54.